The first-order chi connectivity index (χ1) is 10.9. The van der Waals surface area contributed by atoms with Crippen molar-refractivity contribution in [3.05, 3.63) is 29.3 Å². The van der Waals surface area contributed by atoms with Gasteiger partial charge in [-0.3, -0.25) is 9.59 Å². The number of hydrogen-bond acceptors (Lipinski definition) is 3. The number of benzene rings is 1. The number of anilines is 1. The highest BCUT2D eigenvalue weighted by molar-refractivity contribution is 5.95. The molecule has 1 aromatic carbocycles. The van der Waals surface area contributed by atoms with Crippen LogP contribution in [0.15, 0.2) is 18.2 Å². The molecule has 0 aliphatic heterocycles. The number of amides is 2. The highest BCUT2D eigenvalue weighted by Gasteiger charge is 2.27. The molecule has 1 aromatic rings. The maximum absolute atomic E-state index is 12.2. The Kier molecular flexibility index (Phi) is 7.70. The number of nitrogens with zero attached hydrogens (tertiary/aromatic N) is 1. The number of likely N-dealkylation sites (N-methyl/N-ethyl adjacent to an activating group) is 1. The van der Waals surface area contributed by atoms with E-state index in [0.29, 0.717) is 6.42 Å². The van der Waals surface area contributed by atoms with Crippen LogP contribution in [0.5, 0.6) is 0 Å². The van der Waals surface area contributed by atoms with Crippen molar-refractivity contribution in [3.63, 3.8) is 0 Å². The van der Waals surface area contributed by atoms with E-state index in [1.807, 2.05) is 32.0 Å². The SMILES string of the molecule is Cc1cccc(NC(=O)CN(C)C(=O)C[C@@H]2CCC[C@H]2N)c1C.Cl. The quantitative estimate of drug-likeness (QED) is 0.854. The van der Waals surface area contributed by atoms with E-state index < -0.39 is 0 Å². The number of hydrogen-bond donors (Lipinski definition) is 2. The molecule has 5 nitrogen and oxygen atoms in total. The van der Waals surface area contributed by atoms with Gasteiger partial charge in [0, 0.05) is 25.2 Å². The third-order valence-electron chi connectivity index (χ3n) is 4.84. The fourth-order valence-corrected chi connectivity index (χ4v) is 3.08. The summed E-state index contributed by atoms with van der Waals surface area (Å²) in [4.78, 5) is 25.9. The molecule has 1 saturated carbocycles. The zero-order valence-electron chi connectivity index (χ0n) is 14.7. The minimum absolute atomic E-state index is 0. The third-order valence-corrected chi connectivity index (χ3v) is 4.84. The van der Waals surface area contributed by atoms with Gasteiger partial charge in [-0.2, -0.15) is 0 Å². The van der Waals surface area contributed by atoms with Gasteiger partial charge in [-0.25, -0.2) is 0 Å². The van der Waals surface area contributed by atoms with Crippen molar-refractivity contribution in [2.45, 2.75) is 45.6 Å². The van der Waals surface area contributed by atoms with E-state index in [2.05, 4.69) is 5.32 Å². The minimum atomic E-state index is -0.176. The van der Waals surface area contributed by atoms with Gasteiger partial charge in [-0.1, -0.05) is 18.6 Å². The minimum Gasteiger partial charge on any atom is -0.336 e. The van der Waals surface area contributed by atoms with Crippen molar-refractivity contribution in [1.82, 2.24) is 4.90 Å². The summed E-state index contributed by atoms with van der Waals surface area (Å²) < 4.78 is 0. The Morgan fingerprint density at radius 2 is 2.00 bits per heavy atom. The second-order valence-corrected chi connectivity index (χ2v) is 6.60. The number of aryl methyl sites for hydroxylation is 1. The maximum atomic E-state index is 12.2. The van der Waals surface area contributed by atoms with Crippen LogP contribution < -0.4 is 11.1 Å². The van der Waals surface area contributed by atoms with Crippen LogP contribution in [0, 0.1) is 19.8 Å². The molecule has 24 heavy (non-hydrogen) atoms. The Bertz CT molecular complexity index is 592. The molecule has 0 saturated heterocycles. The highest BCUT2D eigenvalue weighted by Crippen LogP contribution is 2.27. The summed E-state index contributed by atoms with van der Waals surface area (Å²) in [6, 6.07) is 5.91. The molecule has 134 valence electrons. The molecule has 0 unspecified atom stereocenters. The van der Waals surface area contributed by atoms with E-state index in [4.69, 9.17) is 5.73 Å². The van der Waals surface area contributed by atoms with E-state index in [9.17, 15) is 9.59 Å². The molecule has 0 radical (unpaired) electrons. The lowest BCUT2D eigenvalue weighted by atomic mass is 9.99. The van der Waals surface area contributed by atoms with E-state index in [-0.39, 0.29) is 42.7 Å². The lowest BCUT2D eigenvalue weighted by Crippen LogP contribution is -2.37. The van der Waals surface area contributed by atoms with Crippen molar-refractivity contribution in [3.8, 4) is 0 Å². The molecule has 0 aromatic heterocycles. The second kappa shape index (κ2) is 9.04. The summed E-state index contributed by atoms with van der Waals surface area (Å²) in [6.07, 6.45) is 3.54. The number of nitrogens with two attached hydrogens (primary N) is 1. The van der Waals surface area contributed by atoms with Crippen molar-refractivity contribution in [1.29, 1.82) is 0 Å². The molecule has 0 bridgehead atoms. The first-order valence-corrected chi connectivity index (χ1v) is 8.24. The monoisotopic (exact) mass is 353 g/mol. The summed E-state index contributed by atoms with van der Waals surface area (Å²) >= 11 is 0. The normalized spacial score (nSPS) is 19.5. The Balaban J connectivity index is 0.00000288. The third kappa shape index (κ3) is 5.21. The summed E-state index contributed by atoms with van der Waals surface area (Å²) in [5, 5.41) is 2.88. The summed E-state index contributed by atoms with van der Waals surface area (Å²) in [7, 11) is 1.67. The molecular weight excluding hydrogens is 326 g/mol. The smallest absolute Gasteiger partial charge is 0.243 e. The van der Waals surface area contributed by atoms with Crippen LogP contribution in [0.1, 0.15) is 36.8 Å². The predicted octanol–water partition coefficient (Wildman–Crippen LogP) is 2.64. The average Bonchev–Trinajstić information content (AvgIpc) is 2.89. The van der Waals surface area contributed by atoms with Gasteiger partial charge >= 0.3 is 0 Å². The Morgan fingerprint density at radius 3 is 2.62 bits per heavy atom. The van der Waals surface area contributed by atoms with Gasteiger partial charge in [0.2, 0.25) is 11.8 Å². The molecule has 3 N–H and O–H groups in total. The predicted molar refractivity (Wildman–Crippen MR) is 99.4 cm³/mol. The number of nitrogens with one attached hydrogen (secondary N) is 1. The van der Waals surface area contributed by atoms with Crippen LogP contribution in [0.2, 0.25) is 0 Å². The average molecular weight is 354 g/mol. The topological polar surface area (TPSA) is 75.4 Å². The molecular formula is C18H28ClN3O2. The van der Waals surface area contributed by atoms with E-state index in [1.54, 1.807) is 7.05 Å². The van der Waals surface area contributed by atoms with Crippen LogP contribution in [0.4, 0.5) is 5.69 Å². The summed E-state index contributed by atoms with van der Waals surface area (Å²) in [5.74, 6) is 0.0702. The molecule has 0 spiro atoms. The Labute approximate surface area is 150 Å². The fourth-order valence-electron chi connectivity index (χ4n) is 3.08. The molecule has 2 amide bonds. The van der Waals surface area contributed by atoms with Crippen molar-refractivity contribution in [2.75, 3.05) is 18.9 Å². The lowest BCUT2D eigenvalue weighted by molar-refractivity contribution is -0.134. The summed E-state index contributed by atoms with van der Waals surface area (Å²) in [6.45, 7) is 4.04. The number of rotatable bonds is 5. The number of carbonyl (C=O) groups is 2. The van der Waals surface area contributed by atoms with Crippen LogP contribution in [-0.2, 0) is 9.59 Å². The maximum Gasteiger partial charge on any atom is 0.243 e. The Morgan fingerprint density at radius 1 is 1.29 bits per heavy atom. The van der Waals surface area contributed by atoms with Gasteiger partial charge in [-0.05, 0) is 49.8 Å². The first-order valence-electron chi connectivity index (χ1n) is 8.24. The number of carbonyl (C=O) groups excluding carboxylic acids is 2. The summed E-state index contributed by atoms with van der Waals surface area (Å²) in [5.41, 5.74) is 8.99. The van der Waals surface area contributed by atoms with Gasteiger partial charge in [0.25, 0.3) is 0 Å². The van der Waals surface area contributed by atoms with Gasteiger partial charge in [-0.15, -0.1) is 12.4 Å². The zero-order chi connectivity index (χ0) is 17.0. The van der Waals surface area contributed by atoms with E-state index in [1.165, 1.54) is 4.90 Å². The molecule has 1 aliphatic rings. The molecule has 2 atom stereocenters. The molecule has 0 heterocycles. The second-order valence-electron chi connectivity index (χ2n) is 6.60. The van der Waals surface area contributed by atoms with Crippen molar-refractivity contribution in [2.24, 2.45) is 11.7 Å². The van der Waals surface area contributed by atoms with Crippen LogP contribution in [0.25, 0.3) is 0 Å². The van der Waals surface area contributed by atoms with Gasteiger partial charge in [0.15, 0.2) is 0 Å². The Hall–Kier alpha value is -1.59. The molecule has 2 rings (SSSR count). The lowest BCUT2D eigenvalue weighted by Gasteiger charge is -2.21. The van der Waals surface area contributed by atoms with Crippen molar-refractivity contribution < 1.29 is 9.59 Å². The van der Waals surface area contributed by atoms with Crippen LogP contribution >= 0.6 is 12.4 Å². The van der Waals surface area contributed by atoms with Gasteiger partial charge in [0.1, 0.15) is 0 Å². The van der Waals surface area contributed by atoms with Gasteiger partial charge < -0.3 is 16.0 Å². The zero-order valence-corrected chi connectivity index (χ0v) is 15.5. The molecule has 1 aliphatic carbocycles. The highest BCUT2D eigenvalue weighted by atomic mass is 35.5. The molecule has 6 heteroatoms. The largest absolute Gasteiger partial charge is 0.336 e. The standard InChI is InChI=1S/C18H27N3O2.ClH/c1-12-6-4-9-16(13(12)2)20-17(22)11-21(3)18(23)10-14-7-5-8-15(14)19;/h4,6,9,14-15H,5,7-8,10-11,19H2,1-3H3,(H,20,22);1H/t14-,15+;/m0./s1. The fraction of sp³-hybridized carbons (Fsp3) is 0.556. The van der Waals surface area contributed by atoms with Crippen LogP contribution in [-0.4, -0.2) is 36.3 Å². The van der Waals surface area contributed by atoms with E-state index >= 15 is 0 Å². The van der Waals surface area contributed by atoms with Crippen LogP contribution in [0.3, 0.4) is 0 Å². The van der Waals surface area contributed by atoms with E-state index in [0.717, 1.165) is 36.1 Å². The van der Waals surface area contributed by atoms with Gasteiger partial charge in [0.05, 0.1) is 6.54 Å². The first kappa shape index (κ1) is 20.5. The van der Waals surface area contributed by atoms with Crippen molar-refractivity contribution >= 4 is 29.9 Å². The molecule has 1 fully saturated rings. The number of halogens is 1.